The second kappa shape index (κ2) is 6.56. The summed E-state index contributed by atoms with van der Waals surface area (Å²) in [5, 5.41) is 0. The molecule has 0 bridgehead atoms. The third kappa shape index (κ3) is 4.58. The van der Waals surface area contributed by atoms with Crippen LogP contribution in [0.1, 0.15) is 16.8 Å². The first-order chi connectivity index (χ1) is 8.15. The molecule has 0 aliphatic rings. The minimum atomic E-state index is -0.612. The summed E-state index contributed by atoms with van der Waals surface area (Å²) in [4.78, 5) is 25.5. The summed E-state index contributed by atoms with van der Waals surface area (Å²) < 4.78 is 18.0. The summed E-state index contributed by atoms with van der Waals surface area (Å²) in [7, 11) is 0. The summed E-state index contributed by atoms with van der Waals surface area (Å²) >= 11 is 0. The summed E-state index contributed by atoms with van der Waals surface area (Å²) in [5.74, 6) is 3.72. The van der Waals surface area contributed by atoms with Crippen LogP contribution in [0.5, 0.6) is 5.75 Å². The Balaban J connectivity index is 2.49. The highest BCUT2D eigenvalue weighted by Gasteiger charge is 2.05. The van der Waals surface area contributed by atoms with Crippen LogP contribution >= 0.6 is 0 Å². The lowest BCUT2D eigenvalue weighted by molar-refractivity contribution is -0.151. The highest BCUT2D eigenvalue weighted by Crippen LogP contribution is 2.15. The van der Waals surface area contributed by atoms with Gasteiger partial charge < -0.3 is 9.57 Å². The van der Waals surface area contributed by atoms with E-state index < -0.39 is 11.8 Å². The number of hydrazine groups is 1. The lowest BCUT2D eigenvalue weighted by Gasteiger charge is -2.06. The zero-order valence-electron chi connectivity index (χ0n) is 8.81. The van der Waals surface area contributed by atoms with E-state index in [0.717, 1.165) is 12.1 Å². The van der Waals surface area contributed by atoms with E-state index in [-0.39, 0.29) is 24.3 Å². The molecule has 3 N–H and O–H groups in total. The van der Waals surface area contributed by atoms with E-state index in [1.807, 2.05) is 0 Å². The number of benzene rings is 1. The van der Waals surface area contributed by atoms with Crippen LogP contribution in [-0.4, -0.2) is 18.9 Å². The average Bonchev–Trinajstić information content (AvgIpc) is 2.28. The summed E-state index contributed by atoms with van der Waals surface area (Å²) in [6.07, 6.45) is 0.444. The highest BCUT2D eigenvalue weighted by molar-refractivity contribution is 5.75. The van der Waals surface area contributed by atoms with Crippen LogP contribution in [-0.2, 0) is 9.63 Å². The van der Waals surface area contributed by atoms with Gasteiger partial charge in [-0.3, -0.25) is 9.59 Å². The summed E-state index contributed by atoms with van der Waals surface area (Å²) in [6, 6.07) is 3.55. The number of hydrogen-bond acceptors (Lipinski definition) is 6. The van der Waals surface area contributed by atoms with Crippen LogP contribution in [0.3, 0.4) is 0 Å². The predicted molar refractivity (Wildman–Crippen MR) is 55.3 cm³/mol. The molecule has 0 saturated heterocycles. The van der Waals surface area contributed by atoms with Crippen LogP contribution in [0.2, 0.25) is 0 Å². The molecule has 0 aliphatic heterocycles. The van der Waals surface area contributed by atoms with E-state index in [0.29, 0.717) is 6.29 Å². The molecule has 0 unspecified atom stereocenters. The first kappa shape index (κ1) is 13.1. The van der Waals surface area contributed by atoms with Gasteiger partial charge in [-0.25, -0.2) is 10.2 Å². The molecule has 92 valence electrons. The van der Waals surface area contributed by atoms with Gasteiger partial charge >= 0.3 is 5.97 Å². The predicted octanol–water partition coefficient (Wildman–Crippen LogP) is 0.329. The number of ether oxygens (including phenoxy) is 1. The summed E-state index contributed by atoms with van der Waals surface area (Å²) in [6.45, 7) is -0.0116. The Morgan fingerprint density at radius 1 is 1.47 bits per heavy atom. The van der Waals surface area contributed by atoms with Crippen molar-refractivity contribution in [3.8, 4) is 5.75 Å². The molecule has 6 nitrogen and oxygen atoms in total. The third-order valence-corrected chi connectivity index (χ3v) is 1.78. The van der Waals surface area contributed by atoms with Gasteiger partial charge in [-0.15, -0.1) is 0 Å². The maximum absolute atomic E-state index is 13.0. The molecule has 1 aromatic rings. The molecule has 7 heteroatoms. The van der Waals surface area contributed by atoms with Crippen molar-refractivity contribution in [2.45, 2.75) is 6.42 Å². The molecule has 0 saturated carbocycles. The monoisotopic (exact) mass is 242 g/mol. The molecule has 0 amide bonds. The quantitative estimate of drug-likeness (QED) is 0.424. The van der Waals surface area contributed by atoms with Gasteiger partial charge in [0.1, 0.15) is 17.9 Å². The second-order valence-corrected chi connectivity index (χ2v) is 3.03. The molecule has 0 radical (unpaired) electrons. The SMILES string of the molecule is NNOC(=O)CCOc1cc(F)cc(C=O)c1. The maximum Gasteiger partial charge on any atom is 0.329 e. The smallest absolute Gasteiger partial charge is 0.329 e. The third-order valence-electron chi connectivity index (χ3n) is 1.78. The van der Waals surface area contributed by atoms with Crippen molar-refractivity contribution < 1.29 is 23.6 Å². The molecule has 17 heavy (non-hydrogen) atoms. The van der Waals surface area contributed by atoms with Gasteiger partial charge in [-0.2, -0.15) is 0 Å². The molecular weight excluding hydrogens is 231 g/mol. The van der Waals surface area contributed by atoms with Gasteiger partial charge in [-0.05, 0) is 12.1 Å². The summed E-state index contributed by atoms with van der Waals surface area (Å²) in [5.41, 5.74) is 1.89. The number of aldehydes is 1. The fourth-order valence-corrected chi connectivity index (χ4v) is 1.10. The van der Waals surface area contributed by atoms with Crippen molar-refractivity contribution >= 4 is 12.3 Å². The number of carbonyl (C=O) groups is 2. The maximum atomic E-state index is 13.0. The topological polar surface area (TPSA) is 90.7 Å². The Labute approximate surface area is 96.4 Å². The number of hydrogen-bond donors (Lipinski definition) is 2. The van der Waals surface area contributed by atoms with Gasteiger partial charge in [0, 0.05) is 11.6 Å². The van der Waals surface area contributed by atoms with E-state index in [2.05, 4.69) is 4.84 Å². The normalized spacial score (nSPS) is 9.76. The van der Waals surface area contributed by atoms with Crippen molar-refractivity contribution in [1.82, 2.24) is 5.59 Å². The van der Waals surface area contributed by atoms with Crippen LogP contribution in [0.4, 0.5) is 4.39 Å². The lowest BCUT2D eigenvalue weighted by Crippen LogP contribution is -2.26. The minimum Gasteiger partial charge on any atom is -0.493 e. The van der Waals surface area contributed by atoms with Crippen LogP contribution in [0, 0.1) is 5.82 Å². The Kier molecular flexibility index (Phi) is 5.05. The molecule has 1 aromatic carbocycles. The zero-order valence-corrected chi connectivity index (χ0v) is 8.81. The first-order valence-electron chi connectivity index (χ1n) is 4.69. The van der Waals surface area contributed by atoms with Crippen molar-refractivity contribution in [3.63, 3.8) is 0 Å². The Morgan fingerprint density at radius 3 is 2.88 bits per heavy atom. The zero-order chi connectivity index (χ0) is 12.7. The molecule has 0 aliphatic carbocycles. The fraction of sp³-hybridized carbons (Fsp3) is 0.200. The van der Waals surface area contributed by atoms with E-state index in [1.54, 1.807) is 5.59 Å². The van der Waals surface area contributed by atoms with Gasteiger partial charge in [0.15, 0.2) is 0 Å². The molecule has 0 spiro atoms. The molecule has 0 fully saturated rings. The molecular formula is C10H11FN2O4. The van der Waals surface area contributed by atoms with Crippen LogP contribution < -0.4 is 16.2 Å². The van der Waals surface area contributed by atoms with Crippen LogP contribution in [0.15, 0.2) is 18.2 Å². The minimum absolute atomic E-state index is 0.0116. The fourth-order valence-electron chi connectivity index (χ4n) is 1.10. The van der Waals surface area contributed by atoms with Gasteiger partial charge in [0.05, 0.1) is 13.0 Å². The van der Waals surface area contributed by atoms with Gasteiger partial charge in [-0.1, -0.05) is 5.59 Å². The number of rotatable bonds is 6. The molecule has 0 aromatic heterocycles. The van der Waals surface area contributed by atoms with E-state index in [4.69, 9.17) is 10.6 Å². The van der Waals surface area contributed by atoms with Crippen molar-refractivity contribution in [1.29, 1.82) is 0 Å². The van der Waals surface area contributed by atoms with Crippen molar-refractivity contribution in [2.24, 2.45) is 5.84 Å². The van der Waals surface area contributed by atoms with Crippen LogP contribution in [0.25, 0.3) is 0 Å². The second-order valence-electron chi connectivity index (χ2n) is 3.03. The average molecular weight is 242 g/mol. The Morgan fingerprint density at radius 2 is 2.24 bits per heavy atom. The largest absolute Gasteiger partial charge is 0.493 e. The van der Waals surface area contributed by atoms with Gasteiger partial charge in [0.2, 0.25) is 0 Å². The number of nitrogens with two attached hydrogens (primary N) is 1. The Hall–Kier alpha value is -1.99. The van der Waals surface area contributed by atoms with E-state index in [1.165, 1.54) is 6.07 Å². The number of carbonyl (C=O) groups excluding carboxylic acids is 2. The molecule has 0 heterocycles. The Bertz CT molecular complexity index is 411. The first-order valence-corrected chi connectivity index (χ1v) is 4.69. The highest BCUT2D eigenvalue weighted by atomic mass is 19.1. The number of halogens is 1. The van der Waals surface area contributed by atoms with Crippen molar-refractivity contribution in [2.75, 3.05) is 6.61 Å². The lowest BCUT2D eigenvalue weighted by atomic mass is 10.2. The van der Waals surface area contributed by atoms with E-state index in [9.17, 15) is 14.0 Å². The van der Waals surface area contributed by atoms with E-state index >= 15 is 0 Å². The standard InChI is InChI=1S/C10H11FN2O4/c11-8-3-7(6-14)4-9(5-8)16-2-1-10(15)17-13-12/h3-6,13H,1-2,12H2. The van der Waals surface area contributed by atoms with Gasteiger partial charge in [0.25, 0.3) is 0 Å². The number of nitrogens with one attached hydrogen (secondary N) is 1. The molecule has 1 rings (SSSR count). The molecule has 0 atom stereocenters. The van der Waals surface area contributed by atoms with Crippen molar-refractivity contribution in [3.05, 3.63) is 29.6 Å².